The lowest BCUT2D eigenvalue weighted by atomic mass is 10.1. The van der Waals surface area contributed by atoms with Crippen molar-refractivity contribution in [2.75, 3.05) is 19.8 Å². The van der Waals surface area contributed by atoms with Crippen LogP contribution in [-0.2, 0) is 16.4 Å². The summed E-state index contributed by atoms with van der Waals surface area (Å²) in [6.45, 7) is -1.97. The molecular formula is C12H15F2NO4S. The summed E-state index contributed by atoms with van der Waals surface area (Å²) in [6.07, 6.45) is 1.47. The SMILES string of the molecule is O=S(=O)(NCC(F)(F)CO)c1ccc2c(c1)CCCO2. The Morgan fingerprint density at radius 1 is 1.40 bits per heavy atom. The lowest BCUT2D eigenvalue weighted by Crippen LogP contribution is -2.39. The van der Waals surface area contributed by atoms with E-state index < -0.39 is 29.1 Å². The van der Waals surface area contributed by atoms with Gasteiger partial charge in [0.2, 0.25) is 10.0 Å². The molecule has 0 amide bonds. The molecule has 0 saturated carbocycles. The molecular weight excluding hydrogens is 292 g/mol. The number of rotatable bonds is 5. The van der Waals surface area contributed by atoms with Gasteiger partial charge in [0.15, 0.2) is 0 Å². The van der Waals surface area contributed by atoms with Crippen LogP contribution >= 0.6 is 0 Å². The molecule has 0 spiro atoms. The zero-order chi connectivity index (χ0) is 14.8. The summed E-state index contributed by atoms with van der Waals surface area (Å²) in [5, 5.41) is 8.42. The Morgan fingerprint density at radius 3 is 2.85 bits per heavy atom. The van der Waals surface area contributed by atoms with Crippen LogP contribution in [0.4, 0.5) is 8.78 Å². The predicted molar refractivity (Wildman–Crippen MR) is 67.5 cm³/mol. The molecule has 5 nitrogen and oxygen atoms in total. The second kappa shape index (κ2) is 5.63. The molecule has 112 valence electrons. The van der Waals surface area contributed by atoms with Gasteiger partial charge in [-0.3, -0.25) is 0 Å². The highest BCUT2D eigenvalue weighted by Gasteiger charge is 2.30. The first-order chi connectivity index (χ1) is 9.34. The highest BCUT2D eigenvalue weighted by Crippen LogP contribution is 2.27. The average molecular weight is 307 g/mol. The number of alkyl halides is 2. The fourth-order valence-electron chi connectivity index (χ4n) is 1.84. The first-order valence-electron chi connectivity index (χ1n) is 6.08. The van der Waals surface area contributed by atoms with Crippen molar-refractivity contribution >= 4 is 10.0 Å². The molecule has 2 N–H and O–H groups in total. The van der Waals surface area contributed by atoms with E-state index in [2.05, 4.69) is 0 Å². The smallest absolute Gasteiger partial charge is 0.283 e. The van der Waals surface area contributed by atoms with Crippen molar-refractivity contribution in [3.8, 4) is 5.75 Å². The number of ether oxygens (including phenoxy) is 1. The fraction of sp³-hybridized carbons (Fsp3) is 0.500. The number of hydrogen-bond donors (Lipinski definition) is 2. The van der Waals surface area contributed by atoms with Crippen LogP contribution in [0.2, 0.25) is 0 Å². The van der Waals surface area contributed by atoms with Gasteiger partial charge in [0.1, 0.15) is 12.4 Å². The first kappa shape index (κ1) is 15.1. The first-order valence-corrected chi connectivity index (χ1v) is 7.56. The van der Waals surface area contributed by atoms with Gasteiger partial charge in [-0.15, -0.1) is 0 Å². The summed E-state index contributed by atoms with van der Waals surface area (Å²) in [5.41, 5.74) is 0.744. The standard InChI is InChI=1S/C12H15F2NO4S/c13-12(14,8-16)7-15-20(17,18)10-3-4-11-9(6-10)2-1-5-19-11/h3-4,6,15-16H,1-2,5,7-8H2. The van der Waals surface area contributed by atoms with Crippen molar-refractivity contribution in [2.24, 2.45) is 0 Å². The molecule has 1 aliphatic heterocycles. The maximum Gasteiger partial charge on any atom is 0.283 e. The van der Waals surface area contributed by atoms with Gasteiger partial charge in [-0.2, -0.15) is 0 Å². The van der Waals surface area contributed by atoms with Gasteiger partial charge in [-0.25, -0.2) is 21.9 Å². The lowest BCUT2D eigenvalue weighted by molar-refractivity contribution is -0.0437. The Morgan fingerprint density at radius 2 is 2.15 bits per heavy atom. The number of nitrogens with one attached hydrogen (secondary N) is 1. The highest BCUT2D eigenvalue weighted by molar-refractivity contribution is 7.89. The molecule has 0 aliphatic carbocycles. The molecule has 0 saturated heterocycles. The largest absolute Gasteiger partial charge is 0.493 e. The molecule has 1 aliphatic rings. The Kier molecular flexibility index (Phi) is 4.26. The van der Waals surface area contributed by atoms with E-state index in [0.717, 1.165) is 12.0 Å². The Hall–Kier alpha value is -1.25. The summed E-state index contributed by atoms with van der Waals surface area (Å²) >= 11 is 0. The third kappa shape index (κ3) is 3.44. The lowest BCUT2D eigenvalue weighted by Gasteiger charge is -2.18. The van der Waals surface area contributed by atoms with Crippen molar-refractivity contribution in [1.82, 2.24) is 4.72 Å². The molecule has 2 rings (SSSR count). The summed E-state index contributed by atoms with van der Waals surface area (Å²) < 4.78 is 56.7. The number of benzene rings is 1. The maximum absolute atomic E-state index is 12.9. The van der Waals surface area contributed by atoms with E-state index >= 15 is 0 Å². The molecule has 0 aromatic heterocycles. The third-order valence-electron chi connectivity index (χ3n) is 2.94. The van der Waals surface area contributed by atoms with Gasteiger partial charge < -0.3 is 9.84 Å². The molecule has 0 fully saturated rings. The van der Waals surface area contributed by atoms with Crippen LogP contribution in [0.3, 0.4) is 0 Å². The Labute approximate surface area is 115 Å². The van der Waals surface area contributed by atoms with Crippen LogP contribution in [0.5, 0.6) is 5.75 Å². The molecule has 1 aromatic carbocycles. The van der Waals surface area contributed by atoms with E-state index in [9.17, 15) is 17.2 Å². The Balaban J connectivity index is 2.17. The molecule has 8 heteroatoms. The van der Waals surface area contributed by atoms with Gasteiger partial charge >= 0.3 is 0 Å². The number of aliphatic hydroxyl groups excluding tert-OH is 1. The van der Waals surface area contributed by atoms with Crippen molar-refractivity contribution in [3.05, 3.63) is 23.8 Å². The van der Waals surface area contributed by atoms with Gasteiger partial charge in [-0.05, 0) is 36.6 Å². The molecule has 0 atom stereocenters. The topological polar surface area (TPSA) is 75.6 Å². The van der Waals surface area contributed by atoms with E-state index in [1.54, 1.807) is 4.72 Å². The molecule has 20 heavy (non-hydrogen) atoms. The predicted octanol–water partition coefficient (Wildman–Crippen LogP) is 0.918. The van der Waals surface area contributed by atoms with Crippen molar-refractivity contribution < 1.29 is 27.0 Å². The van der Waals surface area contributed by atoms with Crippen molar-refractivity contribution in [3.63, 3.8) is 0 Å². The van der Waals surface area contributed by atoms with Crippen molar-refractivity contribution in [2.45, 2.75) is 23.7 Å². The fourth-order valence-corrected chi connectivity index (χ4v) is 2.96. The highest BCUT2D eigenvalue weighted by atomic mass is 32.2. The number of fused-ring (bicyclic) bond motifs is 1. The maximum atomic E-state index is 12.9. The number of sulfonamides is 1. The van der Waals surface area contributed by atoms with Crippen LogP contribution in [0, 0.1) is 0 Å². The quantitative estimate of drug-likeness (QED) is 0.848. The minimum atomic E-state index is -4.03. The molecule has 1 aromatic rings. The second-order valence-electron chi connectivity index (χ2n) is 4.56. The average Bonchev–Trinajstić information content (AvgIpc) is 2.45. The second-order valence-corrected chi connectivity index (χ2v) is 6.33. The summed E-state index contributed by atoms with van der Waals surface area (Å²) in [6, 6.07) is 4.25. The minimum Gasteiger partial charge on any atom is -0.493 e. The summed E-state index contributed by atoms with van der Waals surface area (Å²) in [5.74, 6) is -2.86. The summed E-state index contributed by atoms with van der Waals surface area (Å²) in [7, 11) is -4.03. The molecule has 1 heterocycles. The zero-order valence-corrected chi connectivity index (χ0v) is 11.4. The van der Waals surface area contributed by atoms with Gasteiger partial charge in [0, 0.05) is 0 Å². The van der Waals surface area contributed by atoms with Crippen molar-refractivity contribution in [1.29, 1.82) is 0 Å². The number of hydrogen-bond acceptors (Lipinski definition) is 4. The van der Waals surface area contributed by atoms with E-state index in [1.165, 1.54) is 18.2 Å². The molecule has 0 unspecified atom stereocenters. The zero-order valence-electron chi connectivity index (χ0n) is 10.6. The van der Waals surface area contributed by atoms with E-state index in [1.807, 2.05) is 0 Å². The van der Waals surface area contributed by atoms with E-state index in [-0.39, 0.29) is 4.90 Å². The number of halogens is 2. The normalized spacial score (nSPS) is 15.6. The molecule has 0 bridgehead atoms. The van der Waals surface area contributed by atoms with Crippen LogP contribution in [0.25, 0.3) is 0 Å². The van der Waals surface area contributed by atoms with Crippen LogP contribution < -0.4 is 9.46 Å². The molecule has 0 radical (unpaired) electrons. The van der Waals surface area contributed by atoms with Crippen LogP contribution in [0.15, 0.2) is 23.1 Å². The number of aliphatic hydroxyl groups is 1. The minimum absolute atomic E-state index is 0.0875. The number of aryl methyl sites for hydroxylation is 1. The van der Waals surface area contributed by atoms with Crippen LogP contribution in [0.1, 0.15) is 12.0 Å². The third-order valence-corrected chi connectivity index (χ3v) is 4.34. The van der Waals surface area contributed by atoms with Gasteiger partial charge in [0.05, 0.1) is 18.0 Å². The van der Waals surface area contributed by atoms with Crippen LogP contribution in [-0.4, -0.2) is 39.2 Å². The monoisotopic (exact) mass is 307 g/mol. The summed E-state index contributed by atoms with van der Waals surface area (Å²) in [4.78, 5) is -0.0875. The van der Waals surface area contributed by atoms with Gasteiger partial charge in [-0.1, -0.05) is 0 Å². The van der Waals surface area contributed by atoms with E-state index in [4.69, 9.17) is 9.84 Å². The van der Waals surface area contributed by atoms with E-state index in [0.29, 0.717) is 18.8 Å². The van der Waals surface area contributed by atoms with Gasteiger partial charge in [0.25, 0.3) is 5.92 Å². The Bertz CT molecular complexity index is 589.